The van der Waals surface area contributed by atoms with Crippen LogP contribution in [0, 0.1) is 0 Å². The molecule has 1 amide bonds. The van der Waals surface area contributed by atoms with Gasteiger partial charge in [0, 0.05) is 37.8 Å². The molecule has 8 heteroatoms. The molecule has 1 fully saturated rings. The maximum absolute atomic E-state index is 12.7. The molecule has 1 atom stereocenters. The van der Waals surface area contributed by atoms with E-state index in [9.17, 15) is 18.0 Å². The average Bonchev–Trinajstić information content (AvgIpc) is 2.81. The van der Waals surface area contributed by atoms with E-state index in [0.29, 0.717) is 6.04 Å². The van der Waals surface area contributed by atoms with E-state index in [1.807, 2.05) is 6.07 Å². The molecule has 5 nitrogen and oxygen atoms in total. The van der Waals surface area contributed by atoms with Gasteiger partial charge in [0.2, 0.25) is 0 Å². The van der Waals surface area contributed by atoms with Crippen molar-refractivity contribution in [2.45, 2.75) is 31.5 Å². The van der Waals surface area contributed by atoms with Crippen molar-refractivity contribution in [3.8, 4) is 5.75 Å². The molecule has 1 unspecified atom stereocenters. The highest BCUT2D eigenvalue weighted by atomic mass is 19.4. The molecular weight excluding hydrogens is 431 g/mol. The van der Waals surface area contributed by atoms with Crippen LogP contribution >= 0.6 is 0 Å². The smallest absolute Gasteiger partial charge is 0.416 e. The highest BCUT2D eigenvalue weighted by Crippen LogP contribution is 2.36. The molecule has 1 aliphatic heterocycles. The second-order valence-corrected chi connectivity index (χ2v) is 8.79. The Morgan fingerprint density at radius 1 is 1.09 bits per heavy atom. The number of nitrogens with zero attached hydrogens (tertiary/aromatic N) is 2. The van der Waals surface area contributed by atoms with Gasteiger partial charge in [-0.15, -0.1) is 0 Å². The summed E-state index contributed by atoms with van der Waals surface area (Å²) in [7, 11) is 2.16. The van der Waals surface area contributed by atoms with Crippen LogP contribution in [0.1, 0.15) is 45.9 Å². The summed E-state index contributed by atoms with van der Waals surface area (Å²) in [5, 5.41) is 2.70. The van der Waals surface area contributed by atoms with Gasteiger partial charge in [-0.3, -0.25) is 9.69 Å². The first-order valence-corrected chi connectivity index (χ1v) is 11.4. The normalized spacial score (nSPS) is 19.7. The molecule has 178 valence electrons. The van der Waals surface area contributed by atoms with Crippen molar-refractivity contribution in [3.05, 3.63) is 64.7 Å². The van der Waals surface area contributed by atoms with E-state index in [4.69, 9.17) is 4.74 Å². The molecule has 1 saturated heterocycles. The first kappa shape index (κ1) is 23.6. The molecule has 0 saturated carbocycles. The minimum atomic E-state index is -4.42. The molecule has 0 spiro atoms. The van der Waals surface area contributed by atoms with Crippen LogP contribution in [-0.2, 0) is 12.6 Å². The molecule has 2 aromatic rings. The molecule has 0 aromatic heterocycles. The topological polar surface area (TPSA) is 44.8 Å². The lowest BCUT2D eigenvalue weighted by Crippen LogP contribution is -2.46. The number of hydrogen-bond donors (Lipinski definition) is 1. The van der Waals surface area contributed by atoms with Gasteiger partial charge >= 0.3 is 6.18 Å². The second kappa shape index (κ2) is 10.1. The van der Waals surface area contributed by atoms with Crippen molar-refractivity contribution in [2.75, 3.05) is 46.4 Å². The number of alkyl halides is 3. The summed E-state index contributed by atoms with van der Waals surface area (Å²) < 4.78 is 43.9. The molecule has 1 N–H and O–H groups in total. The van der Waals surface area contributed by atoms with Gasteiger partial charge in [0.25, 0.3) is 5.91 Å². The molecule has 0 bridgehead atoms. The number of aryl methyl sites for hydroxylation is 1. The molecular formula is C25H30F3N3O2. The third-order valence-corrected chi connectivity index (χ3v) is 6.51. The molecule has 33 heavy (non-hydrogen) atoms. The summed E-state index contributed by atoms with van der Waals surface area (Å²) in [5.74, 6) is 0.353. The zero-order valence-electron chi connectivity index (χ0n) is 18.8. The lowest BCUT2D eigenvalue weighted by Gasteiger charge is -2.40. The highest BCUT2D eigenvalue weighted by molar-refractivity contribution is 5.94. The largest absolute Gasteiger partial charge is 0.492 e. The molecule has 2 aromatic carbocycles. The quantitative estimate of drug-likeness (QED) is 0.657. The third kappa shape index (κ3) is 5.86. The molecule has 1 heterocycles. The Bertz CT molecular complexity index is 954. The number of piperazine rings is 1. The SMILES string of the molecule is CN1CCN(C2CCCc3ccc(OCCNC(=O)c4ccc(C(F)(F)F)cc4)cc32)CC1. The van der Waals surface area contributed by atoms with Crippen LogP contribution in [0.5, 0.6) is 5.75 Å². The minimum absolute atomic E-state index is 0.187. The number of hydrogen-bond acceptors (Lipinski definition) is 4. The summed E-state index contributed by atoms with van der Waals surface area (Å²) in [6.07, 6.45) is -0.979. The number of rotatable bonds is 6. The van der Waals surface area contributed by atoms with Gasteiger partial charge in [0.1, 0.15) is 12.4 Å². The fraction of sp³-hybridized carbons (Fsp3) is 0.480. The maximum Gasteiger partial charge on any atom is 0.416 e. The number of ether oxygens (including phenoxy) is 1. The van der Waals surface area contributed by atoms with Gasteiger partial charge in [-0.05, 0) is 73.8 Å². The van der Waals surface area contributed by atoms with E-state index in [1.165, 1.54) is 29.7 Å². The Labute approximate surface area is 192 Å². The van der Waals surface area contributed by atoms with E-state index in [0.717, 1.165) is 56.9 Å². The van der Waals surface area contributed by atoms with Crippen molar-refractivity contribution in [1.29, 1.82) is 0 Å². The number of fused-ring (bicyclic) bond motifs is 1. The van der Waals surface area contributed by atoms with Crippen LogP contribution in [0.4, 0.5) is 13.2 Å². The van der Waals surface area contributed by atoms with E-state index < -0.39 is 17.6 Å². The highest BCUT2D eigenvalue weighted by Gasteiger charge is 2.30. The van der Waals surface area contributed by atoms with Crippen molar-refractivity contribution < 1.29 is 22.7 Å². The summed E-state index contributed by atoms with van der Waals surface area (Å²) in [5.41, 5.74) is 2.14. The summed E-state index contributed by atoms with van der Waals surface area (Å²) in [6.45, 7) is 4.85. The Kier molecular flexibility index (Phi) is 7.24. The number of amides is 1. The number of nitrogens with one attached hydrogen (secondary N) is 1. The predicted molar refractivity (Wildman–Crippen MR) is 120 cm³/mol. The average molecular weight is 462 g/mol. The number of carbonyl (C=O) groups is 1. The number of benzene rings is 2. The Balaban J connectivity index is 1.30. The zero-order chi connectivity index (χ0) is 23.4. The lowest BCUT2D eigenvalue weighted by atomic mass is 9.86. The predicted octanol–water partition coefficient (Wildman–Crippen LogP) is 4.14. The minimum Gasteiger partial charge on any atom is -0.492 e. The third-order valence-electron chi connectivity index (χ3n) is 6.51. The van der Waals surface area contributed by atoms with Gasteiger partial charge in [0.05, 0.1) is 12.1 Å². The lowest BCUT2D eigenvalue weighted by molar-refractivity contribution is -0.137. The number of likely N-dealkylation sites (N-methyl/N-ethyl adjacent to an activating group) is 1. The monoisotopic (exact) mass is 461 g/mol. The second-order valence-electron chi connectivity index (χ2n) is 8.79. The van der Waals surface area contributed by atoms with Gasteiger partial charge in [-0.1, -0.05) is 6.07 Å². The van der Waals surface area contributed by atoms with Crippen LogP contribution in [0.3, 0.4) is 0 Å². The maximum atomic E-state index is 12.7. The van der Waals surface area contributed by atoms with Crippen LogP contribution in [0.25, 0.3) is 0 Å². The van der Waals surface area contributed by atoms with Crippen molar-refractivity contribution in [1.82, 2.24) is 15.1 Å². The molecule has 0 radical (unpaired) electrons. The van der Waals surface area contributed by atoms with Gasteiger partial charge in [-0.2, -0.15) is 13.2 Å². The molecule has 4 rings (SSSR count). The van der Waals surface area contributed by atoms with Gasteiger partial charge < -0.3 is 15.0 Å². The fourth-order valence-corrected chi connectivity index (χ4v) is 4.60. The van der Waals surface area contributed by atoms with Crippen molar-refractivity contribution in [3.63, 3.8) is 0 Å². The van der Waals surface area contributed by atoms with Gasteiger partial charge in [0.15, 0.2) is 0 Å². The van der Waals surface area contributed by atoms with E-state index in [1.54, 1.807) is 0 Å². The van der Waals surface area contributed by atoms with Crippen molar-refractivity contribution in [2.24, 2.45) is 0 Å². The number of carbonyl (C=O) groups excluding carboxylic acids is 1. The van der Waals surface area contributed by atoms with Crippen molar-refractivity contribution >= 4 is 5.91 Å². The first-order chi connectivity index (χ1) is 15.8. The summed E-state index contributed by atoms with van der Waals surface area (Å²) in [6, 6.07) is 10.9. The van der Waals surface area contributed by atoms with Gasteiger partial charge in [-0.25, -0.2) is 0 Å². The zero-order valence-corrected chi connectivity index (χ0v) is 18.8. The Hall–Kier alpha value is -2.58. The van der Waals surface area contributed by atoms with Crippen LogP contribution in [-0.4, -0.2) is 62.1 Å². The van der Waals surface area contributed by atoms with E-state index in [2.05, 4.69) is 34.3 Å². The van der Waals surface area contributed by atoms with E-state index >= 15 is 0 Å². The standard InChI is InChI=1S/C25H30F3N3O2/c1-30-12-14-31(15-13-30)23-4-2-3-18-7-10-21(17-22(18)23)33-16-11-29-24(32)19-5-8-20(9-6-19)25(26,27)28/h5-10,17,23H,2-4,11-16H2,1H3,(H,29,32). The Morgan fingerprint density at radius 3 is 2.52 bits per heavy atom. The molecule has 2 aliphatic rings. The first-order valence-electron chi connectivity index (χ1n) is 11.4. The van der Waals surface area contributed by atoms with Crippen LogP contribution in [0.15, 0.2) is 42.5 Å². The number of halogens is 3. The van der Waals surface area contributed by atoms with Crippen LogP contribution in [0.2, 0.25) is 0 Å². The van der Waals surface area contributed by atoms with Crippen LogP contribution < -0.4 is 10.1 Å². The summed E-state index contributed by atoms with van der Waals surface area (Å²) >= 11 is 0. The molecule has 1 aliphatic carbocycles. The fourth-order valence-electron chi connectivity index (χ4n) is 4.60. The van der Waals surface area contributed by atoms with E-state index in [-0.39, 0.29) is 18.7 Å². The summed E-state index contributed by atoms with van der Waals surface area (Å²) in [4.78, 5) is 17.1. The Morgan fingerprint density at radius 2 is 1.82 bits per heavy atom.